The van der Waals surface area contributed by atoms with Gasteiger partial charge in [-0.3, -0.25) is 4.79 Å². The number of halogens is 2. The lowest BCUT2D eigenvalue weighted by molar-refractivity contribution is 0.0905. The van der Waals surface area contributed by atoms with Crippen LogP contribution in [0.15, 0.2) is 18.2 Å². The largest absolute Gasteiger partial charge is 0.507 e. The number of nitrogens with one attached hydrogen (secondary N) is 1. The molecular formula is C11H13BrClNO3. The first-order chi connectivity index (χ1) is 8.08. The third kappa shape index (κ3) is 4.18. The van der Waals surface area contributed by atoms with Crippen molar-refractivity contribution in [3.05, 3.63) is 28.8 Å². The fourth-order valence-electron chi connectivity index (χ4n) is 1.28. The van der Waals surface area contributed by atoms with Crippen molar-refractivity contribution in [2.75, 3.05) is 19.0 Å². The predicted molar refractivity (Wildman–Crippen MR) is 70.0 cm³/mol. The van der Waals surface area contributed by atoms with Crippen LogP contribution >= 0.6 is 27.5 Å². The lowest BCUT2D eigenvalue weighted by Gasteiger charge is -2.15. The normalized spacial score (nSPS) is 12.2. The Kier molecular flexibility index (Phi) is 5.74. The van der Waals surface area contributed by atoms with E-state index in [0.717, 1.165) is 0 Å². The number of phenolic OH excluding ortho intramolecular Hbond substituents is 1. The summed E-state index contributed by atoms with van der Waals surface area (Å²) < 4.78 is 4.95. The van der Waals surface area contributed by atoms with E-state index in [0.29, 0.717) is 17.0 Å². The van der Waals surface area contributed by atoms with Crippen LogP contribution in [-0.2, 0) is 4.74 Å². The van der Waals surface area contributed by atoms with Crippen molar-refractivity contribution in [1.82, 2.24) is 5.32 Å². The Hall–Kier alpha value is -0.780. The topological polar surface area (TPSA) is 58.6 Å². The Morgan fingerprint density at radius 3 is 2.94 bits per heavy atom. The molecule has 0 heterocycles. The summed E-state index contributed by atoms with van der Waals surface area (Å²) in [5, 5.41) is 13.2. The zero-order chi connectivity index (χ0) is 12.8. The maximum Gasteiger partial charge on any atom is 0.255 e. The van der Waals surface area contributed by atoms with Gasteiger partial charge < -0.3 is 15.2 Å². The number of amides is 1. The van der Waals surface area contributed by atoms with E-state index < -0.39 is 0 Å². The van der Waals surface area contributed by atoms with Crippen LogP contribution in [0, 0.1) is 0 Å². The molecule has 1 aromatic rings. The Balaban J connectivity index is 2.78. The third-order valence-corrected chi connectivity index (χ3v) is 3.11. The molecule has 0 aromatic heterocycles. The number of methoxy groups -OCH3 is 1. The van der Waals surface area contributed by atoms with E-state index in [1.54, 1.807) is 7.11 Å². The molecule has 0 aliphatic rings. The summed E-state index contributed by atoms with van der Waals surface area (Å²) in [4.78, 5) is 11.9. The molecule has 1 unspecified atom stereocenters. The molecule has 0 spiro atoms. The van der Waals surface area contributed by atoms with E-state index in [1.807, 2.05) is 0 Å². The number of alkyl halides is 1. The first kappa shape index (κ1) is 14.3. The molecule has 0 aliphatic carbocycles. The second-order valence-electron chi connectivity index (χ2n) is 3.44. The van der Waals surface area contributed by atoms with Crippen LogP contribution in [0.5, 0.6) is 5.75 Å². The van der Waals surface area contributed by atoms with E-state index >= 15 is 0 Å². The molecule has 6 heteroatoms. The van der Waals surface area contributed by atoms with Gasteiger partial charge in [0.25, 0.3) is 5.91 Å². The highest BCUT2D eigenvalue weighted by Gasteiger charge is 2.15. The smallest absolute Gasteiger partial charge is 0.255 e. The molecule has 0 aliphatic heterocycles. The molecule has 1 rings (SSSR count). The molecule has 0 fully saturated rings. The molecule has 0 saturated carbocycles. The fraction of sp³-hybridized carbons (Fsp3) is 0.364. The standard InChI is InChI=1S/C11H13BrClNO3/c1-17-6-8(5-12)14-11(16)9-4-7(13)2-3-10(9)15/h2-4,8,15H,5-6H2,1H3,(H,14,16). The highest BCUT2D eigenvalue weighted by atomic mass is 79.9. The van der Waals surface area contributed by atoms with Gasteiger partial charge in [-0.2, -0.15) is 0 Å². The molecule has 94 valence electrons. The number of hydrogen-bond acceptors (Lipinski definition) is 3. The zero-order valence-corrected chi connectivity index (χ0v) is 11.6. The van der Waals surface area contributed by atoms with Gasteiger partial charge in [0, 0.05) is 17.5 Å². The average Bonchev–Trinajstić information content (AvgIpc) is 2.31. The average molecular weight is 323 g/mol. The van der Waals surface area contributed by atoms with Crippen LogP contribution < -0.4 is 5.32 Å². The zero-order valence-electron chi connectivity index (χ0n) is 9.24. The van der Waals surface area contributed by atoms with Gasteiger partial charge in [-0.05, 0) is 18.2 Å². The number of benzene rings is 1. The molecule has 1 amide bonds. The maximum atomic E-state index is 11.9. The van der Waals surface area contributed by atoms with Crippen LogP contribution in [0.25, 0.3) is 0 Å². The van der Waals surface area contributed by atoms with E-state index in [4.69, 9.17) is 16.3 Å². The molecule has 0 bridgehead atoms. The van der Waals surface area contributed by atoms with Gasteiger partial charge >= 0.3 is 0 Å². The molecule has 4 nitrogen and oxygen atoms in total. The van der Waals surface area contributed by atoms with Gasteiger partial charge in [0.2, 0.25) is 0 Å². The van der Waals surface area contributed by atoms with Crippen molar-refractivity contribution in [2.45, 2.75) is 6.04 Å². The summed E-state index contributed by atoms with van der Waals surface area (Å²) in [6, 6.07) is 4.16. The van der Waals surface area contributed by atoms with Gasteiger partial charge in [0.1, 0.15) is 5.75 Å². The van der Waals surface area contributed by atoms with E-state index in [-0.39, 0.29) is 23.3 Å². The molecule has 0 saturated heterocycles. The number of ether oxygens (including phenoxy) is 1. The van der Waals surface area contributed by atoms with Crippen molar-refractivity contribution in [3.8, 4) is 5.75 Å². The molecule has 0 radical (unpaired) electrons. The highest BCUT2D eigenvalue weighted by molar-refractivity contribution is 9.09. The minimum absolute atomic E-state index is 0.0994. The van der Waals surface area contributed by atoms with Gasteiger partial charge in [-0.1, -0.05) is 27.5 Å². The minimum atomic E-state index is -0.383. The first-order valence-corrected chi connectivity index (χ1v) is 6.42. The van der Waals surface area contributed by atoms with Crippen LogP contribution in [0.2, 0.25) is 5.02 Å². The molecule has 2 N–H and O–H groups in total. The van der Waals surface area contributed by atoms with Crippen LogP contribution in [0.4, 0.5) is 0 Å². The van der Waals surface area contributed by atoms with Gasteiger partial charge in [0.05, 0.1) is 18.2 Å². The quantitative estimate of drug-likeness (QED) is 0.817. The third-order valence-electron chi connectivity index (χ3n) is 2.09. The molecule has 1 aromatic carbocycles. The summed E-state index contributed by atoms with van der Waals surface area (Å²) in [5.74, 6) is -0.482. The van der Waals surface area contributed by atoms with Crippen molar-refractivity contribution in [2.24, 2.45) is 0 Å². The first-order valence-electron chi connectivity index (χ1n) is 4.92. The summed E-state index contributed by atoms with van der Waals surface area (Å²) in [6.45, 7) is 0.387. The van der Waals surface area contributed by atoms with Gasteiger partial charge in [-0.25, -0.2) is 0 Å². The number of aromatic hydroxyl groups is 1. The summed E-state index contributed by atoms with van der Waals surface area (Å²) in [7, 11) is 1.55. The Morgan fingerprint density at radius 2 is 2.35 bits per heavy atom. The van der Waals surface area contributed by atoms with E-state index in [1.165, 1.54) is 18.2 Å². The van der Waals surface area contributed by atoms with Crippen LogP contribution in [-0.4, -0.2) is 36.1 Å². The number of carbonyl (C=O) groups excluding carboxylic acids is 1. The summed E-state index contributed by atoms with van der Waals surface area (Å²) in [6.07, 6.45) is 0. The monoisotopic (exact) mass is 321 g/mol. The number of rotatable bonds is 5. The van der Waals surface area contributed by atoms with E-state index in [9.17, 15) is 9.90 Å². The van der Waals surface area contributed by atoms with Crippen molar-refractivity contribution >= 4 is 33.4 Å². The minimum Gasteiger partial charge on any atom is -0.507 e. The lowest BCUT2D eigenvalue weighted by atomic mass is 10.2. The Bertz CT molecular complexity index is 400. The van der Waals surface area contributed by atoms with Crippen molar-refractivity contribution < 1.29 is 14.6 Å². The summed E-state index contributed by atoms with van der Waals surface area (Å²) >= 11 is 9.04. The molecule has 1 atom stereocenters. The summed E-state index contributed by atoms with van der Waals surface area (Å²) in [5.41, 5.74) is 0.152. The number of phenols is 1. The Morgan fingerprint density at radius 1 is 1.65 bits per heavy atom. The Labute approximate surface area is 113 Å². The van der Waals surface area contributed by atoms with Gasteiger partial charge in [0.15, 0.2) is 0 Å². The van der Waals surface area contributed by atoms with Crippen LogP contribution in [0.3, 0.4) is 0 Å². The predicted octanol–water partition coefficient (Wildman–Crippen LogP) is 2.19. The second-order valence-corrected chi connectivity index (χ2v) is 4.53. The maximum absolute atomic E-state index is 11.9. The highest BCUT2D eigenvalue weighted by Crippen LogP contribution is 2.21. The van der Waals surface area contributed by atoms with Crippen LogP contribution in [0.1, 0.15) is 10.4 Å². The number of hydrogen-bond donors (Lipinski definition) is 2. The fourth-order valence-corrected chi connectivity index (χ4v) is 1.80. The molecular weight excluding hydrogens is 309 g/mol. The SMILES string of the molecule is COCC(CBr)NC(=O)c1cc(Cl)ccc1O. The lowest BCUT2D eigenvalue weighted by Crippen LogP contribution is -2.39. The van der Waals surface area contributed by atoms with Gasteiger partial charge in [-0.15, -0.1) is 0 Å². The molecule has 17 heavy (non-hydrogen) atoms. The van der Waals surface area contributed by atoms with Crippen molar-refractivity contribution in [3.63, 3.8) is 0 Å². The van der Waals surface area contributed by atoms with E-state index in [2.05, 4.69) is 21.2 Å². The number of carbonyl (C=O) groups is 1. The second kappa shape index (κ2) is 6.83. The van der Waals surface area contributed by atoms with Crippen molar-refractivity contribution in [1.29, 1.82) is 0 Å².